The largest absolute Gasteiger partial charge is 0.508 e. The molecule has 3 N–H and O–H groups in total. The van der Waals surface area contributed by atoms with Gasteiger partial charge in [-0.2, -0.15) is 0 Å². The molecule has 1 fully saturated rings. The average molecular weight is 480 g/mol. The first kappa shape index (κ1) is 23.2. The lowest BCUT2D eigenvalue weighted by Gasteiger charge is -2.34. The second kappa shape index (κ2) is 9.61. The molecule has 0 unspecified atom stereocenters. The molecule has 2 aliphatic rings. The first-order valence-corrected chi connectivity index (χ1v) is 11.7. The van der Waals surface area contributed by atoms with Crippen molar-refractivity contribution in [3.8, 4) is 23.0 Å². The van der Waals surface area contributed by atoms with Gasteiger partial charge in [0, 0.05) is 80.6 Å². The number of hydrogen-bond acceptors (Lipinski definition) is 8. The highest BCUT2D eigenvalue weighted by Gasteiger charge is 2.31. The van der Waals surface area contributed by atoms with E-state index < -0.39 is 5.78 Å². The lowest BCUT2D eigenvalue weighted by atomic mass is 10.1. The third-order valence-electron chi connectivity index (χ3n) is 6.68. The number of methoxy groups -OCH3 is 1. The van der Waals surface area contributed by atoms with Crippen LogP contribution in [0.1, 0.15) is 15.9 Å². The van der Waals surface area contributed by atoms with E-state index in [4.69, 9.17) is 14.6 Å². The van der Waals surface area contributed by atoms with Crippen molar-refractivity contribution >= 4 is 22.8 Å². The number of carbonyl (C=O) groups excluding carboxylic acids is 1. The number of aromatic nitrogens is 1. The van der Waals surface area contributed by atoms with Gasteiger partial charge in [0.25, 0.3) is 0 Å². The quantitative estimate of drug-likeness (QED) is 0.443. The van der Waals surface area contributed by atoms with E-state index in [-0.39, 0.29) is 35.2 Å². The van der Waals surface area contributed by atoms with Gasteiger partial charge in [0.2, 0.25) is 5.78 Å². The molecule has 0 amide bonds. The van der Waals surface area contributed by atoms with Gasteiger partial charge in [-0.05, 0) is 24.3 Å². The number of hydrogen-bond donors (Lipinski definition) is 3. The van der Waals surface area contributed by atoms with Crippen LogP contribution < -0.4 is 9.47 Å². The van der Waals surface area contributed by atoms with Gasteiger partial charge in [-0.25, -0.2) is 0 Å². The Bertz CT molecular complexity index is 1290. The number of aromatic hydroxyl groups is 2. The molecular formula is C26H29N3O6. The fourth-order valence-electron chi connectivity index (χ4n) is 4.78. The van der Waals surface area contributed by atoms with Gasteiger partial charge in [-0.15, -0.1) is 0 Å². The normalized spacial score (nSPS) is 17.8. The zero-order chi connectivity index (χ0) is 24.5. The van der Waals surface area contributed by atoms with E-state index in [1.807, 2.05) is 24.4 Å². The van der Waals surface area contributed by atoms with Crippen molar-refractivity contribution in [1.82, 2.24) is 14.4 Å². The van der Waals surface area contributed by atoms with Gasteiger partial charge in [0.15, 0.2) is 5.76 Å². The maximum Gasteiger partial charge on any atom is 0.235 e. The Labute approximate surface area is 203 Å². The summed E-state index contributed by atoms with van der Waals surface area (Å²) in [6.45, 7) is 6.38. The molecule has 0 spiro atoms. The maximum atomic E-state index is 12.9. The molecule has 9 nitrogen and oxygen atoms in total. The molecule has 0 bridgehead atoms. The van der Waals surface area contributed by atoms with Crippen LogP contribution in [0.15, 0.2) is 42.3 Å². The van der Waals surface area contributed by atoms with E-state index in [2.05, 4.69) is 14.4 Å². The molecule has 3 heterocycles. The number of rotatable bonds is 7. The number of benzene rings is 2. The molecule has 5 rings (SSSR count). The van der Waals surface area contributed by atoms with E-state index in [9.17, 15) is 15.0 Å². The summed E-state index contributed by atoms with van der Waals surface area (Å²) in [5.74, 6) is 0.0232. The number of ether oxygens (including phenoxy) is 2. The van der Waals surface area contributed by atoms with Gasteiger partial charge in [-0.3, -0.25) is 14.6 Å². The number of fused-ring (bicyclic) bond motifs is 2. The predicted octanol–water partition coefficient (Wildman–Crippen LogP) is 2.29. The SMILES string of the molecule is COc1ccc2c(c1)c(/C=C1\Oc3cc(O)cc(O)c3C1=O)cn2CCN1CCN(CCO)CC1. The Morgan fingerprint density at radius 3 is 2.49 bits per heavy atom. The van der Waals surface area contributed by atoms with E-state index >= 15 is 0 Å². The number of phenolic OH excluding ortho intramolecular Hbond substituents is 2. The van der Waals surface area contributed by atoms with Crippen LogP contribution in [-0.2, 0) is 6.54 Å². The van der Waals surface area contributed by atoms with Gasteiger partial charge in [0.1, 0.15) is 28.6 Å². The highest BCUT2D eigenvalue weighted by Crippen LogP contribution is 2.41. The fraction of sp³-hybridized carbons (Fsp3) is 0.346. The molecule has 9 heteroatoms. The Morgan fingerprint density at radius 2 is 1.77 bits per heavy atom. The van der Waals surface area contributed by atoms with Gasteiger partial charge in [-0.1, -0.05) is 0 Å². The van der Waals surface area contributed by atoms with Crippen LogP contribution >= 0.6 is 0 Å². The molecule has 0 aliphatic carbocycles. The van der Waals surface area contributed by atoms with Crippen LogP contribution in [0.25, 0.3) is 17.0 Å². The fourth-order valence-corrected chi connectivity index (χ4v) is 4.78. The summed E-state index contributed by atoms with van der Waals surface area (Å²) in [4.78, 5) is 17.6. The number of phenols is 2. The molecule has 0 saturated carbocycles. The molecule has 0 radical (unpaired) electrons. The van der Waals surface area contributed by atoms with Crippen LogP contribution in [0.5, 0.6) is 23.0 Å². The van der Waals surface area contributed by atoms with Crippen LogP contribution in [-0.4, -0.2) is 88.5 Å². The second-order valence-electron chi connectivity index (χ2n) is 8.85. The zero-order valence-corrected chi connectivity index (χ0v) is 19.6. The maximum absolute atomic E-state index is 12.9. The van der Waals surface area contributed by atoms with Crippen molar-refractivity contribution in [3.05, 3.63) is 53.4 Å². The first-order valence-electron chi connectivity index (χ1n) is 11.7. The van der Waals surface area contributed by atoms with Crippen LogP contribution in [0.4, 0.5) is 0 Å². The molecule has 35 heavy (non-hydrogen) atoms. The number of carbonyl (C=O) groups is 1. The summed E-state index contributed by atoms with van der Waals surface area (Å²) in [5, 5.41) is 29.9. The van der Waals surface area contributed by atoms with E-state index in [1.165, 1.54) is 6.07 Å². The van der Waals surface area contributed by atoms with Crippen molar-refractivity contribution in [1.29, 1.82) is 0 Å². The lowest BCUT2D eigenvalue weighted by molar-refractivity contribution is 0.101. The number of allylic oxidation sites excluding steroid dienone is 1. The summed E-state index contributed by atoms with van der Waals surface area (Å²) in [5.41, 5.74) is 1.86. The smallest absolute Gasteiger partial charge is 0.235 e. The third-order valence-corrected chi connectivity index (χ3v) is 6.68. The topological polar surface area (TPSA) is 108 Å². The number of Topliss-reactive ketones (excluding diaryl/α,β-unsaturated/α-hetero) is 1. The van der Waals surface area contributed by atoms with Crippen LogP contribution in [0.3, 0.4) is 0 Å². The zero-order valence-electron chi connectivity index (χ0n) is 19.6. The Kier molecular flexibility index (Phi) is 6.38. The monoisotopic (exact) mass is 479 g/mol. The van der Waals surface area contributed by atoms with E-state index in [0.717, 1.165) is 68.3 Å². The van der Waals surface area contributed by atoms with Gasteiger partial charge in [0.05, 0.1) is 13.7 Å². The van der Waals surface area contributed by atoms with E-state index in [1.54, 1.807) is 13.2 Å². The molecule has 1 aromatic heterocycles. The van der Waals surface area contributed by atoms with Crippen molar-refractivity contribution < 1.29 is 29.6 Å². The number of piperazine rings is 1. The van der Waals surface area contributed by atoms with Crippen molar-refractivity contribution in [3.63, 3.8) is 0 Å². The van der Waals surface area contributed by atoms with E-state index in [0.29, 0.717) is 5.75 Å². The van der Waals surface area contributed by atoms with Crippen molar-refractivity contribution in [2.75, 3.05) is 53.0 Å². The van der Waals surface area contributed by atoms with Crippen molar-refractivity contribution in [2.45, 2.75) is 6.54 Å². The number of aliphatic hydroxyl groups is 1. The highest BCUT2D eigenvalue weighted by molar-refractivity contribution is 6.16. The van der Waals surface area contributed by atoms with Gasteiger partial charge >= 0.3 is 0 Å². The lowest BCUT2D eigenvalue weighted by Crippen LogP contribution is -2.47. The minimum absolute atomic E-state index is 0.0516. The molecule has 2 aliphatic heterocycles. The summed E-state index contributed by atoms with van der Waals surface area (Å²) in [6.07, 6.45) is 3.67. The third kappa shape index (κ3) is 4.58. The number of β-amino-alcohol motifs (C(OH)–C–C–N with tert-alkyl or cyclic N) is 1. The predicted molar refractivity (Wildman–Crippen MR) is 131 cm³/mol. The Balaban J connectivity index is 1.41. The molecular weight excluding hydrogens is 450 g/mol. The standard InChI is InChI=1S/C26H29N3O6/c1-34-19-2-3-21-20(15-19)17(12-24-26(33)25-22(32)13-18(31)14-23(25)35-24)16-29(21)9-8-27-4-6-28(7-5-27)10-11-30/h2-3,12-16,30-32H,4-11H2,1H3/b24-12-. The average Bonchev–Trinajstić information content (AvgIpc) is 3.35. The summed E-state index contributed by atoms with van der Waals surface area (Å²) in [6, 6.07) is 8.30. The highest BCUT2D eigenvalue weighted by atomic mass is 16.5. The Hall–Kier alpha value is -3.53. The molecule has 0 atom stereocenters. The second-order valence-corrected chi connectivity index (χ2v) is 8.85. The Morgan fingerprint density at radius 1 is 1.03 bits per heavy atom. The number of aliphatic hydroxyl groups excluding tert-OH is 1. The molecule has 1 saturated heterocycles. The first-order chi connectivity index (χ1) is 17.0. The van der Waals surface area contributed by atoms with Crippen molar-refractivity contribution in [2.24, 2.45) is 0 Å². The molecule has 184 valence electrons. The molecule has 3 aromatic rings. The number of nitrogens with zero attached hydrogens (tertiary/aromatic N) is 3. The summed E-state index contributed by atoms with van der Waals surface area (Å²) in [7, 11) is 1.61. The van der Waals surface area contributed by atoms with Gasteiger partial charge < -0.3 is 29.4 Å². The minimum atomic E-state index is -0.429. The molecule has 2 aromatic carbocycles. The van der Waals surface area contributed by atoms with Crippen LogP contribution in [0, 0.1) is 0 Å². The summed E-state index contributed by atoms with van der Waals surface area (Å²) < 4.78 is 13.3. The van der Waals surface area contributed by atoms with Crippen LogP contribution in [0.2, 0.25) is 0 Å². The minimum Gasteiger partial charge on any atom is -0.508 e. The number of ketones is 1. The summed E-state index contributed by atoms with van der Waals surface area (Å²) >= 11 is 0.